The summed E-state index contributed by atoms with van der Waals surface area (Å²) in [4.78, 5) is 19.9. The Hall–Kier alpha value is -3.24. The number of aromatic nitrogens is 3. The van der Waals surface area contributed by atoms with Gasteiger partial charge < -0.3 is 15.4 Å². The lowest BCUT2D eigenvalue weighted by Gasteiger charge is -2.40. The summed E-state index contributed by atoms with van der Waals surface area (Å²) >= 11 is 0. The number of amides is 1. The average Bonchev–Trinajstić information content (AvgIpc) is 3.28. The molecule has 3 aromatic rings. The molecular formula is C28H36F3N5O2. The van der Waals surface area contributed by atoms with Crippen molar-refractivity contribution in [3.8, 4) is 11.4 Å². The van der Waals surface area contributed by atoms with Crippen LogP contribution < -0.4 is 5.73 Å². The van der Waals surface area contributed by atoms with E-state index in [-0.39, 0.29) is 36.8 Å². The fraction of sp³-hybridized carbons (Fsp3) is 0.464. The topological polar surface area (TPSA) is 86.3 Å². The number of carbonyl (C=O) groups excluding carboxylic acids is 1. The molecule has 0 fully saturated rings. The van der Waals surface area contributed by atoms with E-state index >= 15 is 0 Å². The Kier molecular flexibility index (Phi) is 9.67. The zero-order chi connectivity index (χ0) is 28.0. The Morgan fingerprint density at radius 1 is 1.16 bits per heavy atom. The van der Waals surface area contributed by atoms with Gasteiger partial charge >= 0.3 is 0 Å². The van der Waals surface area contributed by atoms with E-state index in [2.05, 4.69) is 10.1 Å². The number of ether oxygens (including phenoxy) is 1. The van der Waals surface area contributed by atoms with Crippen molar-refractivity contribution < 1.29 is 22.7 Å². The molecule has 38 heavy (non-hydrogen) atoms. The number of carbonyl (C=O) groups is 1. The first-order valence-electron chi connectivity index (χ1n) is 12.5. The average molecular weight is 532 g/mol. The van der Waals surface area contributed by atoms with Crippen molar-refractivity contribution in [3.05, 3.63) is 71.6 Å². The van der Waals surface area contributed by atoms with E-state index in [4.69, 9.17) is 10.5 Å². The quantitative estimate of drug-likeness (QED) is 0.380. The van der Waals surface area contributed by atoms with Crippen LogP contribution in [-0.2, 0) is 16.1 Å². The van der Waals surface area contributed by atoms with Gasteiger partial charge in [0.05, 0.1) is 18.2 Å². The molecule has 10 heteroatoms. The van der Waals surface area contributed by atoms with Crippen LogP contribution in [0.3, 0.4) is 0 Å². The summed E-state index contributed by atoms with van der Waals surface area (Å²) in [6.45, 7) is 7.14. The normalized spacial score (nSPS) is 14.2. The van der Waals surface area contributed by atoms with Crippen LogP contribution >= 0.6 is 0 Å². The zero-order valence-corrected chi connectivity index (χ0v) is 22.5. The van der Waals surface area contributed by atoms with Crippen molar-refractivity contribution in [2.75, 3.05) is 20.3 Å². The van der Waals surface area contributed by atoms with E-state index < -0.39 is 41.9 Å². The highest BCUT2D eigenvalue weighted by Crippen LogP contribution is 2.39. The van der Waals surface area contributed by atoms with Gasteiger partial charge in [-0.2, -0.15) is 5.10 Å². The molecule has 7 nitrogen and oxygen atoms in total. The third kappa shape index (κ3) is 6.99. The number of benzene rings is 2. The highest BCUT2D eigenvalue weighted by atomic mass is 19.1. The lowest BCUT2D eigenvalue weighted by atomic mass is 9.84. The van der Waals surface area contributed by atoms with Crippen LogP contribution in [0.5, 0.6) is 0 Å². The first-order valence-corrected chi connectivity index (χ1v) is 12.5. The van der Waals surface area contributed by atoms with Crippen molar-refractivity contribution >= 4 is 5.91 Å². The number of alkyl halides is 1. The summed E-state index contributed by atoms with van der Waals surface area (Å²) in [7, 11) is 1.43. The van der Waals surface area contributed by atoms with Gasteiger partial charge in [-0.25, -0.2) is 22.8 Å². The van der Waals surface area contributed by atoms with E-state index in [1.165, 1.54) is 7.11 Å². The van der Waals surface area contributed by atoms with E-state index in [1.54, 1.807) is 16.5 Å². The van der Waals surface area contributed by atoms with Crippen LogP contribution in [0.15, 0.2) is 48.5 Å². The van der Waals surface area contributed by atoms with Crippen LogP contribution in [0.4, 0.5) is 13.2 Å². The Balaban J connectivity index is 2.21. The van der Waals surface area contributed by atoms with Gasteiger partial charge in [0.25, 0.3) is 5.91 Å². The van der Waals surface area contributed by atoms with Crippen LogP contribution in [0, 0.1) is 17.0 Å². The molecule has 2 N–H and O–H groups in total. The molecule has 0 aliphatic carbocycles. The second-order valence-corrected chi connectivity index (χ2v) is 10.4. The van der Waals surface area contributed by atoms with Gasteiger partial charge in [0.1, 0.15) is 24.4 Å². The molecular weight excluding hydrogens is 495 g/mol. The SMILES string of the molecule is CO[C@@H](C)C(=O)N(CC[C@H](N)CF)C(c1nc(-c2cc(F)ccc2F)nn1Cc1ccccc1)C(C)(C)C. The molecule has 0 aliphatic rings. The first kappa shape index (κ1) is 29.3. The molecule has 1 unspecified atom stereocenters. The molecule has 0 saturated carbocycles. The highest BCUT2D eigenvalue weighted by molar-refractivity contribution is 5.81. The van der Waals surface area contributed by atoms with E-state index in [0.29, 0.717) is 5.82 Å². The summed E-state index contributed by atoms with van der Waals surface area (Å²) in [6, 6.07) is 11.2. The van der Waals surface area contributed by atoms with E-state index in [0.717, 1.165) is 23.8 Å². The summed E-state index contributed by atoms with van der Waals surface area (Å²) < 4.78 is 49.0. The third-order valence-electron chi connectivity index (χ3n) is 6.34. The number of hydrogen-bond donors (Lipinski definition) is 1. The largest absolute Gasteiger partial charge is 0.372 e. The lowest BCUT2D eigenvalue weighted by molar-refractivity contribution is -0.146. The smallest absolute Gasteiger partial charge is 0.252 e. The fourth-order valence-corrected chi connectivity index (χ4v) is 4.29. The van der Waals surface area contributed by atoms with Gasteiger partial charge in [0.2, 0.25) is 0 Å². The number of methoxy groups -OCH3 is 1. The molecule has 0 bridgehead atoms. The molecule has 206 valence electrons. The molecule has 0 spiro atoms. The van der Waals surface area contributed by atoms with Gasteiger partial charge in [-0.1, -0.05) is 51.1 Å². The number of halogens is 3. The Bertz CT molecular complexity index is 1210. The van der Waals surface area contributed by atoms with E-state index in [1.807, 2.05) is 51.1 Å². The van der Waals surface area contributed by atoms with Gasteiger partial charge in [0, 0.05) is 19.7 Å². The molecule has 2 aromatic carbocycles. The minimum Gasteiger partial charge on any atom is -0.372 e. The molecule has 3 rings (SSSR count). The highest BCUT2D eigenvalue weighted by Gasteiger charge is 2.40. The second kappa shape index (κ2) is 12.5. The maximum Gasteiger partial charge on any atom is 0.252 e. The van der Waals surface area contributed by atoms with Crippen LogP contribution in [0.1, 0.15) is 51.5 Å². The molecule has 1 heterocycles. The van der Waals surface area contributed by atoms with Crippen LogP contribution in [0.25, 0.3) is 11.4 Å². The van der Waals surface area contributed by atoms with Gasteiger partial charge in [-0.05, 0) is 42.5 Å². The van der Waals surface area contributed by atoms with Crippen LogP contribution in [-0.4, -0.2) is 58.0 Å². The summed E-state index contributed by atoms with van der Waals surface area (Å²) in [5, 5.41) is 4.58. The predicted molar refractivity (Wildman–Crippen MR) is 140 cm³/mol. The van der Waals surface area contributed by atoms with Gasteiger partial charge in [-0.15, -0.1) is 0 Å². The predicted octanol–water partition coefficient (Wildman–Crippen LogP) is 4.91. The molecule has 0 aliphatic heterocycles. The minimum absolute atomic E-state index is 0.00479. The number of nitrogens with two attached hydrogens (primary N) is 1. The number of nitrogens with zero attached hydrogens (tertiary/aromatic N) is 4. The Morgan fingerprint density at radius 3 is 2.45 bits per heavy atom. The lowest BCUT2D eigenvalue weighted by Crippen LogP contribution is -2.48. The van der Waals surface area contributed by atoms with Crippen molar-refractivity contribution in [2.45, 2.75) is 58.8 Å². The van der Waals surface area contributed by atoms with Gasteiger partial charge in [0.15, 0.2) is 11.6 Å². The zero-order valence-electron chi connectivity index (χ0n) is 22.5. The third-order valence-corrected chi connectivity index (χ3v) is 6.34. The first-order chi connectivity index (χ1) is 18.0. The standard InChI is InChI=1S/C28H36F3N5O2/c1-18(38-5)27(37)35(14-13-21(32)16-29)24(28(2,3)4)26-33-25(22-15-20(30)11-12-23(22)31)34-36(26)17-19-9-7-6-8-10-19/h6-12,15,18,21,24H,13-14,16-17,32H2,1-5H3/t18-,21-,24?/m0/s1. The maximum absolute atomic E-state index is 14.8. The van der Waals surface area contributed by atoms with Crippen molar-refractivity contribution in [2.24, 2.45) is 11.1 Å². The van der Waals surface area contributed by atoms with Crippen molar-refractivity contribution in [1.29, 1.82) is 0 Å². The maximum atomic E-state index is 14.8. The fourth-order valence-electron chi connectivity index (χ4n) is 4.29. The van der Waals surface area contributed by atoms with Crippen LogP contribution in [0.2, 0.25) is 0 Å². The number of hydrogen-bond acceptors (Lipinski definition) is 5. The monoisotopic (exact) mass is 531 g/mol. The molecule has 3 atom stereocenters. The van der Waals surface area contributed by atoms with Crippen molar-refractivity contribution in [1.82, 2.24) is 19.7 Å². The molecule has 0 radical (unpaired) electrons. The summed E-state index contributed by atoms with van der Waals surface area (Å²) in [6.07, 6.45) is -0.573. The summed E-state index contributed by atoms with van der Waals surface area (Å²) in [5.41, 5.74) is 6.08. The van der Waals surface area contributed by atoms with E-state index in [9.17, 15) is 18.0 Å². The minimum atomic E-state index is -0.785. The molecule has 1 amide bonds. The molecule has 1 aromatic heterocycles. The summed E-state index contributed by atoms with van der Waals surface area (Å²) in [5.74, 6) is -1.25. The van der Waals surface area contributed by atoms with Crippen molar-refractivity contribution in [3.63, 3.8) is 0 Å². The Morgan fingerprint density at radius 2 is 1.84 bits per heavy atom. The Labute approximate surface area is 221 Å². The van der Waals surface area contributed by atoms with Gasteiger partial charge in [-0.3, -0.25) is 4.79 Å². The molecule has 0 saturated heterocycles. The second-order valence-electron chi connectivity index (χ2n) is 10.4. The number of rotatable bonds is 11.